The molecular formula is C18H20N4O3S. The van der Waals surface area contributed by atoms with Crippen molar-refractivity contribution in [2.75, 3.05) is 22.5 Å². The van der Waals surface area contributed by atoms with Crippen molar-refractivity contribution in [3.05, 3.63) is 46.4 Å². The molecule has 136 valence electrons. The number of rotatable bonds is 5. The highest BCUT2D eigenvalue weighted by Gasteiger charge is 2.28. The van der Waals surface area contributed by atoms with Crippen LogP contribution in [0.4, 0.5) is 11.4 Å². The SMILES string of the molecule is CCc1ccc(NC(=O)Cn2ncc3c(c2=O)N(CC)C(=O)CS3)cc1. The molecule has 2 heterocycles. The van der Waals surface area contributed by atoms with E-state index in [1.165, 1.54) is 22.2 Å². The topological polar surface area (TPSA) is 84.3 Å². The summed E-state index contributed by atoms with van der Waals surface area (Å²) in [5.74, 6) is -0.165. The summed E-state index contributed by atoms with van der Waals surface area (Å²) >= 11 is 1.30. The van der Waals surface area contributed by atoms with E-state index >= 15 is 0 Å². The van der Waals surface area contributed by atoms with Crippen LogP contribution in [0.15, 0.2) is 40.2 Å². The van der Waals surface area contributed by atoms with Crippen molar-refractivity contribution in [2.24, 2.45) is 0 Å². The summed E-state index contributed by atoms with van der Waals surface area (Å²) in [7, 11) is 0. The van der Waals surface area contributed by atoms with Gasteiger partial charge in [0.15, 0.2) is 0 Å². The van der Waals surface area contributed by atoms with Crippen molar-refractivity contribution in [3.8, 4) is 0 Å². The van der Waals surface area contributed by atoms with E-state index in [-0.39, 0.29) is 18.4 Å². The molecule has 2 aromatic rings. The van der Waals surface area contributed by atoms with Gasteiger partial charge in [-0.3, -0.25) is 14.4 Å². The summed E-state index contributed by atoms with van der Waals surface area (Å²) in [4.78, 5) is 39.1. The van der Waals surface area contributed by atoms with E-state index in [9.17, 15) is 14.4 Å². The molecule has 1 aromatic heterocycles. The maximum atomic E-state index is 12.7. The first-order valence-electron chi connectivity index (χ1n) is 8.45. The minimum Gasteiger partial charge on any atom is -0.324 e. The van der Waals surface area contributed by atoms with Gasteiger partial charge in [-0.05, 0) is 31.0 Å². The van der Waals surface area contributed by atoms with Gasteiger partial charge in [-0.15, -0.1) is 11.8 Å². The van der Waals surface area contributed by atoms with E-state index < -0.39 is 5.56 Å². The van der Waals surface area contributed by atoms with Gasteiger partial charge in [0.25, 0.3) is 5.56 Å². The zero-order chi connectivity index (χ0) is 18.7. The number of nitrogens with zero attached hydrogens (tertiary/aromatic N) is 3. The van der Waals surface area contributed by atoms with Gasteiger partial charge in [-0.25, -0.2) is 4.68 Å². The van der Waals surface area contributed by atoms with E-state index in [1.807, 2.05) is 31.2 Å². The molecule has 0 atom stereocenters. The molecule has 0 fully saturated rings. The van der Waals surface area contributed by atoms with Gasteiger partial charge in [0.05, 0.1) is 16.8 Å². The van der Waals surface area contributed by atoms with Crippen molar-refractivity contribution >= 4 is 35.0 Å². The number of thioether (sulfide) groups is 1. The number of aromatic nitrogens is 2. The third-order valence-corrected chi connectivity index (χ3v) is 5.16. The maximum absolute atomic E-state index is 12.7. The summed E-state index contributed by atoms with van der Waals surface area (Å²) in [6.07, 6.45) is 2.47. The lowest BCUT2D eigenvalue weighted by atomic mass is 10.1. The molecule has 0 saturated heterocycles. The number of amides is 2. The summed E-state index contributed by atoms with van der Waals surface area (Å²) in [6.45, 7) is 4.07. The molecular weight excluding hydrogens is 352 g/mol. The average Bonchev–Trinajstić information content (AvgIpc) is 2.65. The van der Waals surface area contributed by atoms with Crippen LogP contribution in [0.1, 0.15) is 19.4 Å². The normalized spacial score (nSPS) is 13.5. The minimum absolute atomic E-state index is 0.111. The van der Waals surface area contributed by atoms with E-state index in [4.69, 9.17) is 0 Å². The summed E-state index contributed by atoms with van der Waals surface area (Å²) in [6, 6.07) is 7.55. The lowest BCUT2D eigenvalue weighted by molar-refractivity contribution is -0.117. The third-order valence-electron chi connectivity index (χ3n) is 4.16. The van der Waals surface area contributed by atoms with Crippen LogP contribution < -0.4 is 15.8 Å². The van der Waals surface area contributed by atoms with Crippen LogP contribution in [0.25, 0.3) is 0 Å². The molecule has 1 aromatic carbocycles. The average molecular weight is 372 g/mol. The van der Waals surface area contributed by atoms with Crippen molar-refractivity contribution in [1.29, 1.82) is 0 Å². The van der Waals surface area contributed by atoms with Crippen LogP contribution in [0.3, 0.4) is 0 Å². The van der Waals surface area contributed by atoms with Crippen molar-refractivity contribution in [2.45, 2.75) is 31.7 Å². The molecule has 7 nitrogen and oxygen atoms in total. The number of anilines is 2. The number of carbonyl (C=O) groups excluding carboxylic acids is 2. The Bertz CT molecular complexity index is 892. The van der Waals surface area contributed by atoms with Crippen molar-refractivity contribution < 1.29 is 9.59 Å². The monoisotopic (exact) mass is 372 g/mol. The number of hydrogen-bond acceptors (Lipinski definition) is 5. The van der Waals surface area contributed by atoms with Crippen LogP contribution in [-0.4, -0.2) is 33.9 Å². The van der Waals surface area contributed by atoms with Crippen molar-refractivity contribution in [3.63, 3.8) is 0 Å². The molecule has 1 N–H and O–H groups in total. The number of carbonyl (C=O) groups is 2. The first-order valence-corrected chi connectivity index (χ1v) is 9.44. The predicted octanol–water partition coefficient (Wildman–Crippen LogP) is 1.90. The molecule has 26 heavy (non-hydrogen) atoms. The fourth-order valence-corrected chi connectivity index (χ4v) is 3.66. The second-order valence-corrected chi connectivity index (χ2v) is 6.86. The Balaban J connectivity index is 1.79. The van der Waals surface area contributed by atoms with Crippen LogP contribution >= 0.6 is 11.8 Å². The Morgan fingerprint density at radius 2 is 1.96 bits per heavy atom. The number of hydrogen-bond donors (Lipinski definition) is 1. The van der Waals surface area contributed by atoms with Gasteiger partial charge in [0.2, 0.25) is 11.8 Å². The second-order valence-electron chi connectivity index (χ2n) is 5.85. The number of fused-ring (bicyclic) bond motifs is 1. The molecule has 0 radical (unpaired) electrons. The number of nitrogens with one attached hydrogen (secondary N) is 1. The van der Waals surface area contributed by atoms with Crippen molar-refractivity contribution in [1.82, 2.24) is 9.78 Å². The standard InChI is InChI=1S/C18H20N4O3S/c1-3-12-5-7-13(8-6-12)20-15(23)10-22-18(25)17-14(9-19-22)26-11-16(24)21(17)4-2/h5-9H,3-4,10-11H2,1-2H3,(H,20,23). The van der Waals surface area contributed by atoms with Crippen LogP contribution in [-0.2, 0) is 22.6 Å². The van der Waals surface area contributed by atoms with E-state index in [0.29, 0.717) is 28.6 Å². The Morgan fingerprint density at radius 1 is 1.23 bits per heavy atom. The Hall–Kier alpha value is -2.61. The largest absolute Gasteiger partial charge is 0.324 e. The molecule has 0 unspecified atom stereocenters. The minimum atomic E-state index is -0.429. The smallest absolute Gasteiger partial charge is 0.292 e. The Morgan fingerprint density at radius 3 is 2.62 bits per heavy atom. The lowest BCUT2D eigenvalue weighted by Gasteiger charge is -2.26. The fraction of sp³-hybridized carbons (Fsp3) is 0.333. The molecule has 8 heteroatoms. The highest BCUT2D eigenvalue weighted by atomic mass is 32.2. The summed E-state index contributed by atoms with van der Waals surface area (Å²) in [5, 5.41) is 6.84. The zero-order valence-electron chi connectivity index (χ0n) is 14.7. The molecule has 3 rings (SSSR count). The summed E-state index contributed by atoms with van der Waals surface area (Å²) < 4.78 is 1.09. The predicted molar refractivity (Wildman–Crippen MR) is 102 cm³/mol. The third kappa shape index (κ3) is 3.65. The van der Waals surface area contributed by atoms with Crippen LogP contribution in [0.5, 0.6) is 0 Å². The molecule has 1 aliphatic heterocycles. The number of aryl methyl sites for hydroxylation is 1. The number of benzene rings is 1. The molecule has 1 aliphatic rings. The fourth-order valence-electron chi connectivity index (χ4n) is 2.77. The van der Waals surface area contributed by atoms with Gasteiger partial charge >= 0.3 is 0 Å². The van der Waals surface area contributed by atoms with Gasteiger partial charge in [-0.2, -0.15) is 5.10 Å². The molecule has 0 bridgehead atoms. The maximum Gasteiger partial charge on any atom is 0.292 e. The Kier molecular flexibility index (Phi) is 5.41. The molecule has 2 amide bonds. The van der Waals surface area contributed by atoms with E-state index in [2.05, 4.69) is 17.3 Å². The molecule has 0 saturated carbocycles. The highest BCUT2D eigenvalue weighted by Crippen LogP contribution is 2.31. The second kappa shape index (κ2) is 7.74. The summed E-state index contributed by atoms with van der Waals surface area (Å²) in [5.41, 5.74) is 1.72. The van der Waals surface area contributed by atoms with E-state index in [0.717, 1.165) is 11.1 Å². The first kappa shape index (κ1) is 18.2. The van der Waals surface area contributed by atoms with Crippen LogP contribution in [0.2, 0.25) is 0 Å². The molecule has 0 aliphatic carbocycles. The zero-order valence-corrected chi connectivity index (χ0v) is 15.5. The molecule has 0 spiro atoms. The highest BCUT2D eigenvalue weighted by molar-refractivity contribution is 8.00. The quantitative estimate of drug-likeness (QED) is 0.867. The lowest BCUT2D eigenvalue weighted by Crippen LogP contribution is -2.42. The Labute approximate surface area is 155 Å². The first-order chi connectivity index (χ1) is 12.5. The van der Waals surface area contributed by atoms with Gasteiger partial charge in [0, 0.05) is 12.2 Å². The van der Waals surface area contributed by atoms with Gasteiger partial charge in [0.1, 0.15) is 12.2 Å². The van der Waals surface area contributed by atoms with Gasteiger partial charge in [-0.1, -0.05) is 19.1 Å². The van der Waals surface area contributed by atoms with Gasteiger partial charge < -0.3 is 10.2 Å². The van der Waals surface area contributed by atoms with Crippen LogP contribution in [0, 0.1) is 0 Å². The van der Waals surface area contributed by atoms with E-state index in [1.54, 1.807) is 6.20 Å².